The molecule has 0 aromatic heterocycles. The number of rotatable bonds is 5. The van der Waals surface area contributed by atoms with E-state index in [-0.39, 0.29) is 5.91 Å². The summed E-state index contributed by atoms with van der Waals surface area (Å²) in [7, 11) is -3.51. The zero-order chi connectivity index (χ0) is 17.1. The number of sulfone groups is 1. The standard InChI is InChI=1S/C16H23ClN2O3S/c1-3-19(12-13-6-4-5-7-14(13)17)15(20)16(23(2,21)22)8-10-18-11-9-16/h4-7,18H,3,8-12H2,1-2H3. The highest BCUT2D eigenvalue weighted by atomic mass is 35.5. The van der Waals surface area contributed by atoms with E-state index < -0.39 is 14.6 Å². The van der Waals surface area contributed by atoms with Gasteiger partial charge in [0.1, 0.15) is 0 Å². The lowest BCUT2D eigenvalue weighted by Gasteiger charge is -2.38. The SMILES string of the molecule is CCN(Cc1ccccc1Cl)C(=O)C1(S(C)(=O)=O)CCNCC1. The zero-order valence-corrected chi connectivity index (χ0v) is 15.1. The first kappa shape index (κ1) is 18.2. The molecule has 5 nitrogen and oxygen atoms in total. The average Bonchev–Trinajstić information content (AvgIpc) is 2.53. The van der Waals surface area contributed by atoms with Crippen LogP contribution in [0.25, 0.3) is 0 Å². The fourth-order valence-electron chi connectivity index (χ4n) is 3.02. The van der Waals surface area contributed by atoms with Crippen molar-refractivity contribution >= 4 is 27.3 Å². The number of hydrogen-bond donors (Lipinski definition) is 1. The van der Waals surface area contributed by atoms with Gasteiger partial charge in [0.15, 0.2) is 14.6 Å². The second kappa shape index (κ2) is 7.20. The minimum absolute atomic E-state index is 0.309. The number of piperidine rings is 1. The third-order valence-electron chi connectivity index (χ3n) is 4.50. The molecule has 0 bridgehead atoms. The number of nitrogens with one attached hydrogen (secondary N) is 1. The van der Waals surface area contributed by atoms with Crippen LogP contribution in [0.4, 0.5) is 0 Å². The molecule has 0 spiro atoms. The predicted molar refractivity (Wildman–Crippen MR) is 92.2 cm³/mol. The highest BCUT2D eigenvalue weighted by Gasteiger charge is 2.50. The van der Waals surface area contributed by atoms with Gasteiger partial charge in [0.2, 0.25) is 5.91 Å². The van der Waals surface area contributed by atoms with E-state index in [0.29, 0.717) is 44.0 Å². The highest BCUT2D eigenvalue weighted by Crippen LogP contribution is 2.31. The highest BCUT2D eigenvalue weighted by molar-refractivity contribution is 7.92. The van der Waals surface area contributed by atoms with Crippen molar-refractivity contribution in [1.29, 1.82) is 0 Å². The minimum atomic E-state index is -3.51. The van der Waals surface area contributed by atoms with Crippen LogP contribution in [0.1, 0.15) is 25.3 Å². The quantitative estimate of drug-likeness (QED) is 0.872. The van der Waals surface area contributed by atoms with Gasteiger partial charge in [0.25, 0.3) is 0 Å². The van der Waals surface area contributed by atoms with Crippen LogP contribution in [0.2, 0.25) is 5.02 Å². The first-order chi connectivity index (χ1) is 10.8. The summed E-state index contributed by atoms with van der Waals surface area (Å²) in [6, 6.07) is 7.31. The molecule has 1 saturated heterocycles. The van der Waals surface area contributed by atoms with Crippen LogP contribution < -0.4 is 5.32 Å². The predicted octanol–water partition coefficient (Wildman–Crippen LogP) is 1.86. The monoisotopic (exact) mass is 358 g/mol. The third kappa shape index (κ3) is 3.70. The first-order valence-electron chi connectivity index (χ1n) is 7.75. The van der Waals surface area contributed by atoms with Gasteiger partial charge in [-0.25, -0.2) is 8.42 Å². The Kier molecular flexibility index (Phi) is 5.70. The molecule has 2 rings (SSSR count). The molecule has 0 atom stereocenters. The molecule has 7 heteroatoms. The number of benzene rings is 1. The summed E-state index contributed by atoms with van der Waals surface area (Å²) in [5.74, 6) is -0.316. The maximum absolute atomic E-state index is 13.1. The van der Waals surface area contributed by atoms with Gasteiger partial charge in [-0.1, -0.05) is 29.8 Å². The van der Waals surface area contributed by atoms with E-state index >= 15 is 0 Å². The molecule has 1 N–H and O–H groups in total. The molecule has 0 aliphatic carbocycles. The van der Waals surface area contributed by atoms with Gasteiger partial charge >= 0.3 is 0 Å². The van der Waals surface area contributed by atoms with Gasteiger partial charge in [-0.3, -0.25) is 4.79 Å². The molecule has 1 aliphatic rings. The minimum Gasteiger partial charge on any atom is -0.337 e. The largest absolute Gasteiger partial charge is 0.337 e. The van der Waals surface area contributed by atoms with Crippen molar-refractivity contribution in [1.82, 2.24) is 10.2 Å². The van der Waals surface area contributed by atoms with Gasteiger partial charge < -0.3 is 10.2 Å². The van der Waals surface area contributed by atoms with Crippen molar-refractivity contribution in [3.63, 3.8) is 0 Å². The summed E-state index contributed by atoms with van der Waals surface area (Å²) in [6.07, 6.45) is 1.78. The molecule has 1 fully saturated rings. The van der Waals surface area contributed by atoms with E-state index in [1.165, 1.54) is 6.26 Å². The number of nitrogens with zero attached hydrogens (tertiary/aromatic N) is 1. The Labute approximate surface area is 142 Å². The Hall–Kier alpha value is -1.11. The summed E-state index contributed by atoms with van der Waals surface area (Å²) in [4.78, 5) is 14.7. The van der Waals surface area contributed by atoms with Crippen LogP contribution >= 0.6 is 11.6 Å². The average molecular weight is 359 g/mol. The molecule has 1 aromatic carbocycles. The molecule has 128 valence electrons. The van der Waals surface area contributed by atoms with Crippen molar-refractivity contribution in [2.24, 2.45) is 0 Å². The lowest BCUT2D eigenvalue weighted by atomic mass is 9.95. The van der Waals surface area contributed by atoms with Crippen LogP contribution in [0.5, 0.6) is 0 Å². The van der Waals surface area contributed by atoms with E-state index in [2.05, 4.69) is 5.32 Å². The van der Waals surface area contributed by atoms with Crippen LogP contribution in [0, 0.1) is 0 Å². The van der Waals surface area contributed by atoms with E-state index in [4.69, 9.17) is 11.6 Å². The lowest BCUT2D eigenvalue weighted by Crippen LogP contribution is -2.58. The van der Waals surface area contributed by atoms with Crippen molar-refractivity contribution < 1.29 is 13.2 Å². The maximum atomic E-state index is 13.1. The molecular formula is C16H23ClN2O3S. The first-order valence-corrected chi connectivity index (χ1v) is 10.0. The van der Waals surface area contributed by atoms with Crippen LogP contribution in [-0.4, -0.2) is 49.9 Å². The molecule has 0 saturated carbocycles. The summed E-state index contributed by atoms with van der Waals surface area (Å²) < 4.78 is 23.5. The Bertz CT molecular complexity index is 670. The lowest BCUT2D eigenvalue weighted by molar-refractivity contribution is -0.135. The molecule has 1 aliphatic heterocycles. The Morgan fingerprint density at radius 1 is 1.30 bits per heavy atom. The van der Waals surface area contributed by atoms with Crippen molar-refractivity contribution in [2.75, 3.05) is 25.9 Å². The van der Waals surface area contributed by atoms with Crippen LogP contribution in [0.3, 0.4) is 0 Å². The normalized spacial score (nSPS) is 17.7. The van der Waals surface area contributed by atoms with Gasteiger partial charge in [-0.2, -0.15) is 0 Å². The van der Waals surface area contributed by atoms with Crippen molar-refractivity contribution in [3.8, 4) is 0 Å². The van der Waals surface area contributed by atoms with E-state index in [1.54, 1.807) is 11.0 Å². The van der Waals surface area contributed by atoms with E-state index in [1.807, 2.05) is 25.1 Å². The number of amides is 1. The number of hydrogen-bond acceptors (Lipinski definition) is 4. The van der Waals surface area contributed by atoms with Gasteiger partial charge in [0.05, 0.1) is 0 Å². The van der Waals surface area contributed by atoms with Gasteiger partial charge in [-0.05, 0) is 44.5 Å². The number of carbonyl (C=O) groups excluding carboxylic acids is 1. The second-order valence-electron chi connectivity index (χ2n) is 5.93. The molecule has 0 unspecified atom stereocenters. The summed E-state index contributed by atoms with van der Waals surface area (Å²) in [5.41, 5.74) is 0.821. The maximum Gasteiger partial charge on any atom is 0.244 e. The van der Waals surface area contributed by atoms with Crippen molar-refractivity contribution in [3.05, 3.63) is 34.9 Å². The fraction of sp³-hybridized carbons (Fsp3) is 0.562. The van der Waals surface area contributed by atoms with Gasteiger partial charge in [0, 0.05) is 24.4 Å². The number of halogens is 1. The van der Waals surface area contributed by atoms with E-state index in [0.717, 1.165) is 5.56 Å². The summed E-state index contributed by atoms with van der Waals surface area (Å²) >= 11 is 6.17. The Morgan fingerprint density at radius 3 is 2.43 bits per heavy atom. The number of carbonyl (C=O) groups is 1. The molecule has 23 heavy (non-hydrogen) atoms. The summed E-state index contributed by atoms with van der Waals surface area (Å²) in [5, 5.41) is 3.71. The molecule has 1 heterocycles. The molecule has 1 amide bonds. The Morgan fingerprint density at radius 2 is 1.91 bits per heavy atom. The van der Waals surface area contributed by atoms with Crippen LogP contribution in [-0.2, 0) is 21.2 Å². The zero-order valence-electron chi connectivity index (χ0n) is 13.5. The fourth-order valence-corrected chi connectivity index (χ4v) is 4.61. The second-order valence-corrected chi connectivity index (χ2v) is 8.66. The molecule has 1 aromatic rings. The van der Waals surface area contributed by atoms with E-state index in [9.17, 15) is 13.2 Å². The Balaban J connectivity index is 2.32. The molecular weight excluding hydrogens is 336 g/mol. The van der Waals surface area contributed by atoms with Crippen LogP contribution in [0.15, 0.2) is 24.3 Å². The third-order valence-corrected chi connectivity index (χ3v) is 6.87. The van der Waals surface area contributed by atoms with Gasteiger partial charge in [-0.15, -0.1) is 0 Å². The summed E-state index contributed by atoms with van der Waals surface area (Å²) in [6.45, 7) is 3.67. The van der Waals surface area contributed by atoms with Crippen molar-refractivity contribution in [2.45, 2.75) is 31.1 Å². The topological polar surface area (TPSA) is 66.5 Å². The smallest absolute Gasteiger partial charge is 0.244 e. The molecule has 0 radical (unpaired) electrons.